The molecule has 2 nitrogen and oxygen atoms in total. The van der Waals surface area contributed by atoms with Crippen molar-refractivity contribution in [1.29, 1.82) is 0 Å². The van der Waals surface area contributed by atoms with E-state index in [9.17, 15) is 0 Å². The molecule has 1 saturated carbocycles. The molecule has 3 heteroatoms. The van der Waals surface area contributed by atoms with E-state index in [0.29, 0.717) is 11.5 Å². The summed E-state index contributed by atoms with van der Waals surface area (Å²) in [6, 6.07) is 9.50. The maximum absolute atomic E-state index is 5.99. The molecule has 1 aromatic rings. The number of hydrogen-bond acceptors (Lipinski definition) is 3. The van der Waals surface area contributed by atoms with Crippen LogP contribution in [-0.4, -0.2) is 31.3 Å². The van der Waals surface area contributed by atoms with Crippen molar-refractivity contribution >= 4 is 11.8 Å². The summed E-state index contributed by atoms with van der Waals surface area (Å²) in [5, 5.41) is 0. The Balaban J connectivity index is 2.21. The van der Waals surface area contributed by atoms with Crippen LogP contribution in [0, 0.1) is 5.41 Å². The van der Waals surface area contributed by atoms with E-state index in [-0.39, 0.29) is 0 Å². The highest BCUT2D eigenvalue weighted by Gasteiger charge is 2.49. The molecule has 0 aromatic heterocycles. The van der Waals surface area contributed by atoms with Crippen molar-refractivity contribution < 1.29 is 0 Å². The Labute approximate surface area is 115 Å². The Bertz CT molecular complexity index is 382. The Morgan fingerprint density at radius 1 is 1.28 bits per heavy atom. The minimum absolute atomic E-state index is 0.322. The highest BCUT2D eigenvalue weighted by molar-refractivity contribution is 7.99. The molecule has 0 spiro atoms. The molecule has 1 atom stereocenters. The van der Waals surface area contributed by atoms with Crippen LogP contribution in [0.1, 0.15) is 31.4 Å². The van der Waals surface area contributed by atoms with E-state index in [4.69, 9.17) is 5.73 Å². The Morgan fingerprint density at radius 3 is 2.28 bits per heavy atom. The fourth-order valence-corrected chi connectivity index (χ4v) is 3.52. The Kier molecular flexibility index (Phi) is 4.36. The summed E-state index contributed by atoms with van der Waals surface area (Å²) in [5.74, 6) is 1.13. The average Bonchev–Trinajstić information content (AvgIpc) is 3.13. The first-order valence-corrected chi connectivity index (χ1v) is 7.71. The first-order valence-electron chi connectivity index (χ1n) is 6.72. The van der Waals surface area contributed by atoms with Gasteiger partial charge in [-0.2, -0.15) is 0 Å². The molecular formula is C15H24N2S. The van der Waals surface area contributed by atoms with E-state index in [1.807, 2.05) is 11.8 Å². The van der Waals surface area contributed by atoms with Crippen LogP contribution >= 0.6 is 11.8 Å². The zero-order valence-corrected chi connectivity index (χ0v) is 12.5. The van der Waals surface area contributed by atoms with Crippen molar-refractivity contribution in [3.63, 3.8) is 0 Å². The van der Waals surface area contributed by atoms with Crippen LogP contribution in [0.25, 0.3) is 0 Å². The van der Waals surface area contributed by atoms with Crippen LogP contribution in [-0.2, 0) is 0 Å². The minimum atomic E-state index is 0.322. The molecule has 0 heterocycles. The van der Waals surface area contributed by atoms with Gasteiger partial charge in [0.25, 0.3) is 0 Å². The van der Waals surface area contributed by atoms with Crippen molar-refractivity contribution in [1.82, 2.24) is 4.90 Å². The largest absolute Gasteiger partial charge is 0.330 e. The van der Waals surface area contributed by atoms with Crippen LogP contribution < -0.4 is 5.73 Å². The van der Waals surface area contributed by atoms with Gasteiger partial charge in [0.2, 0.25) is 0 Å². The SMILES string of the molecule is CCSc1ccc(C(N(C)C)C2(CN)CC2)cc1. The molecule has 1 fully saturated rings. The zero-order valence-electron chi connectivity index (χ0n) is 11.6. The normalized spacial score (nSPS) is 18.9. The van der Waals surface area contributed by atoms with Gasteiger partial charge in [-0.05, 0) is 56.9 Å². The van der Waals surface area contributed by atoms with Crippen molar-refractivity contribution in [3.05, 3.63) is 29.8 Å². The lowest BCUT2D eigenvalue weighted by atomic mass is 9.89. The number of nitrogens with two attached hydrogens (primary N) is 1. The standard InChI is InChI=1S/C15H24N2S/c1-4-18-13-7-5-12(6-8-13)14(17(2)3)15(11-16)9-10-15/h5-8,14H,4,9-11,16H2,1-3H3. The maximum Gasteiger partial charge on any atom is 0.0410 e. The third-order valence-electron chi connectivity index (χ3n) is 3.90. The van der Waals surface area contributed by atoms with Crippen LogP contribution in [0.2, 0.25) is 0 Å². The molecule has 1 aliphatic rings. The van der Waals surface area contributed by atoms with Crippen molar-refractivity contribution in [2.75, 3.05) is 26.4 Å². The number of benzene rings is 1. The van der Waals surface area contributed by atoms with Gasteiger partial charge in [-0.1, -0.05) is 19.1 Å². The van der Waals surface area contributed by atoms with E-state index >= 15 is 0 Å². The van der Waals surface area contributed by atoms with Gasteiger partial charge in [0.05, 0.1) is 0 Å². The first kappa shape index (κ1) is 13.9. The van der Waals surface area contributed by atoms with Crippen LogP contribution in [0.5, 0.6) is 0 Å². The molecule has 0 bridgehead atoms. The number of thioether (sulfide) groups is 1. The molecule has 0 amide bonds. The van der Waals surface area contributed by atoms with Crippen LogP contribution in [0.15, 0.2) is 29.2 Å². The Morgan fingerprint density at radius 2 is 1.89 bits per heavy atom. The van der Waals surface area contributed by atoms with Crippen molar-refractivity contribution in [3.8, 4) is 0 Å². The predicted octanol–water partition coefficient (Wildman–Crippen LogP) is 3.14. The van der Waals surface area contributed by atoms with Gasteiger partial charge in [0.15, 0.2) is 0 Å². The molecule has 0 aliphatic heterocycles. The second-order valence-corrected chi connectivity index (χ2v) is 6.77. The van der Waals surface area contributed by atoms with E-state index in [2.05, 4.69) is 50.2 Å². The summed E-state index contributed by atoms with van der Waals surface area (Å²) in [4.78, 5) is 3.68. The van der Waals surface area contributed by atoms with Crippen LogP contribution in [0.4, 0.5) is 0 Å². The topological polar surface area (TPSA) is 29.3 Å². The van der Waals surface area contributed by atoms with E-state index in [1.54, 1.807) is 0 Å². The summed E-state index contributed by atoms with van der Waals surface area (Å²) in [5.41, 5.74) is 7.72. The predicted molar refractivity (Wildman–Crippen MR) is 80.0 cm³/mol. The highest BCUT2D eigenvalue weighted by atomic mass is 32.2. The Hall–Kier alpha value is -0.510. The second-order valence-electron chi connectivity index (χ2n) is 5.43. The minimum Gasteiger partial charge on any atom is -0.330 e. The smallest absolute Gasteiger partial charge is 0.0410 e. The molecule has 1 aliphatic carbocycles. The lowest BCUT2D eigenvalue weighted by Gasteiger charge is -2.32. The van der Waals surface area contributed by atoms with Crippen LogP contribution in [0.3, 0.4) is 0 Å². The van der Waals surface area contributed by atoms with Gasteiger partial charge >= 0.3 is 0 Å². The average molecular weight is 264 g/mol. The highest BCUT2D eigenvalue weighted by Crippen LogP contribution is 2.55. The zero-order chi connectivity index (χ0) is 13.2. The fraction of sp³-hybridized carbons (Fsp3) is 0.600. The molecule has 2 rings (SSSR count). The van der Waals surface area contributed by atoms with Gasteiger partial charge in [-0.15, -0.1) is 11.8 Å². The quantitative estimate of drug-likeness (QED) is 0.800. The molecule has 18 heavy (non-hydrogen) atoms. The van der Waals surface area contributed by atoms with Gasteiger partial charge in [0.1, 0.15) is 0 Å². The van der Waals surface area contributed by atoms with E-state index in [0.717, 1.165) is 12.3 Å². The summed E-state index contributed by atoms with van der Waals surface area (Å²) >= 11 is 1.89. The molecular weight excluding hydrogens is 240 g/mol. The molecule has 1 aromatic carbocycles. The third kappa shape index (κ3) is 2.73. The number of hydrogen-bond donors (Lipinski definition) is 1. The lowest BCUT2D eigenvalue weighted by Crippen LogP contribution is -2.33. The van der Waals surface area contributed by atoms with Gasteiger partial charge in [-0.3, -0.25) is 0 Å². The van der Waals surface area contributed by atoms with Gasteiger partial charge in [0, 0.05) is 16.4 Å². The number of rotatable bonds is 6. The molecule has 0 radical (unpaired) electrons. The first-order chi connectivity index (χ1) is 8.63. The molecule has 100 valence electrons. The van der Waals surface area contributed by atoms with Gasteiger partial charge in [-0.25, -0.2) is 0 Å². The summed E-state index contributed by atoms with van der Waals surface area (Å²) in [6.07, 6.45) is 2.52. The summed E-state index contributed by atoms with van der Waals surface area (Å²) < 4.78 is 0. The van der Waals surface area contributed by atoms with Crippen molar-refractivity contribution in [2.45, 2.75) is 30.7 Å². The summed E-state index contributed by atoms with van der Waals surface area (Å²) in [7, 11) is 4.32. The monoisotopic (exact) mass is 264 g/mol. The second kappa shape index (κ2) is 5.64. The number of nitrogens with zero attached hydrogens (tertiary/aromatic N) is 1. The summed E-state index contributed by atoms with van der Waals surface area (Å²) in [6.45, 7) is 2.98. The fourth-order valence-electron chi connectivity index (χ4n) is 2.86. The van der Waals surface area contributed by atoms with E-state index < -0.39 is 0 Å². The maximum atomic E-state index is 5.99. The molecule has 1 unspecified atom stereocenters. The van der Waals surface area contributed by atoms with E-state index in [1.165, 1.54) is 23.3 Å². The molecule has 0 saturated heterocycles. The van der Waals surface area contributed by atoms with Crippen molar-refractivity contribution in [2.24, 2.45) is 11.1 Å². The lowest BCUT2D eigenvalue weighted by molar-refractivity contribution is 0.198. The third-order valence-corrected chi connectivity index (χ3v) is 4.80. The molecule has 2 N–H and O–H groups in total. The van der Waals surface area contributed by atoms with Gasteiger partial charge < -0.3 is 10.6 Å².